The zero-order chi connectivity index (χ0) is 21.3. The highest BCUT2D eigenvalue weighted by molar-refractivity contribution is 5.28. The lowest BCUT2D eigenvalue weighted by molar-refractivity contribution is 0.247. The van der Waals surface area contributed by atoms with Gasteiger partial charge in [0.2, 0.25) is 0 Å². The number of ether oxygens (including phenoxy) is 1. The predicted octanol–water partition coefficient (Wildman–Crippen LogP) is 4.47. The number of aliphatic hydroxyl groups excluding tert-OH is 1. The summed E-state index contributed by atoms with van der Waals surface area (Å²) in [5.74, 6) is 0.918. The zero-order valence-corrected chi connectivity index (χ0v) is 18.1. The second kappa shape index (κ2) is 11.1. The quantitative estimate of drug-likeness (QED) is 0.588. The third-order valence-corrected chi connectivity index (χ3v) is 5.87. The van der Waals surface area contributed by atoms with Gasteiger partial charge < -0.3 is 9.84 Å². The SMILES string of the molecule is OCc1ccc(CN2CCCN(Cc3ccc(OCc4ccccc4)cc3)CC2)cc1. The van der Waals surface area contributed by atoms with Gasteiger partial charge in [-0.3, -0.25) is 9.80 Å². The highest BCUT2D eigenvalue weighted by Crippen LogP contribution is 2.17. The van der Waals surface area contributed by atoms with Crippen LogP contribution in [0.1, 0.15) is 28.7 Å². The Morgan fingerprint density at radius 2 is 1.16 bits per heavy atom. The maximum atomic E-state index is 9.20. The van der Waals surface area contributed by atoms with Crippen molar-refractivity contribution in [3.63, 3.8) is 0 Å². The molecule has 4 heteroatoms. The molecule has 0 amide bonds. The molecule has 1 aliphatic heterocycles. The van der Waals surface area contributed by atoms with Gasteiger partial charge in [0.1, 0.15) is 12.4 Å². The van der Waals surface area contributed by atoms with Crippen molar-refractivity contribution in [3.8, 4) is 5.75 Å². The van der Waals surface area contributed by atoms with Crippen molar-refractivity contribution in [2.24, 2.45) is 0 Å². The third kappa shape index (κ3) is 6.66. The second-order valence-electron chi connectivity index (χ2n) is 8.30. The molecule has 0 atom stereocenters. The van der Waals surface area contributed by atoms with Crippen LogP contribution in [0, 0.1) is 0 Å². The number of nitrogens with zero attached hydrogens (tertiary/aromatic N) is 2. The van der Waals surface area contributed by atoms with E-state index in [2.05, 4.69) is 58.3 Å². The molecule has 3 aromatic rings. The lowest BCUT2D eigenvalue weighted by Crippen LogP contribution is -2.30. The van der Waals surface area contributed by atoms with Crippen molar-refractivity contribution >= 4 is 0 Å². The second-order valence-corrected chi connectivity index (χ2v) is 8.30. The summed E-state index contributed by atoms with van der Waals surface area (Å²) >= 11 is 0. The first-order valence-corrected chi connectivity index (χ1v) is 11.2. The van der Waals surface area contributed by atoms with E-state index in [9.17, 15) is 5.11 Å². The number of aliphatic hydroxyl groups is 1. The summed E-state index contributed by atoms with van der Waals surface area (Å²) in [6.07, 6.45) is 1.19. The first kappa shape index (κ1) is 21.6. The fraction of sp³-hybridized carbons (Fsp3) is 0.333. The Morgan fingerprint density at radius 3 is 1.74 bits per heavy atom. The molecule has 31 heavy (non-hydrogen) atoms. The number of benzene rings is 3. The summed E-state index contributed by atoms with van der Waals surface area (Å²) in [6.45, 7) is 7.10. The summed E-state index contributed by atoms with van der Waals surface area (Å²) in [6, 6.07) is 27.1. The molecule has 1 N–H and O–H groups in total. The van der Waals surface area contributed by atoms with Gasteiger partial charge in [-0.05, 0) is 53.9 Å². The molecule has 1 saturated heterocycles. The van der Waals surface area contributed by atoms with Gasteiger partial charge >= 0.3 is 0 Å². The third-order valence-electron chi connectivity index (χ3n) is 5.87. The van der Waals surface area contributed by atoms with Crippen molar-refractivity contribution in [1.29, 1.82) is 0 Å². The molecule has 162 valence electrons. The summed E-state index contributed by atoms with van der Waals surface area (Å²) in [7, 11) is 0. The molecule has 0 saturated carbocycles. The van der Waals surface area contributed by atoms with Gasteiger partial charge in [-0.25, -0.2) is 0 Å². The minimum absolute atomic E-state index is 0.110. The molecule has 1 fully saturated rings. The summed E-state index contributed by atoms with van der Waals surface area (Å²) < 4.78 is 5.91. The summed E-state index contributed by atoms with van der Waals surface area (Å²) in [5, 5.41) is 9.20. The fourth-order valence-electron chi connectivity index (χ4n) is 4.04. The molecule has 0 unspecified atom stereocenters. The fourth-order valence-corrected chi connectivity index (χ4v) is 4.04. The Morgan fingerprint density at radius 1 is 0.613 bits per heavy atom. The smallest absolute Gasteiger partial charge is 0.119 e. The van der Waals surface area contributed by atoms with Crippen molar-refractivity contribution in [2.75, 3.05) is 26.2 Å². The maximum absolute atomic E-state index is 9.20. The van der Waals surface area contributed by atoms with Crippen LogP contribution >= 0.6 is 0 Å². The highest BCUT2D eigenvalue weighted by Gasteiger charge is 2.15. The van der Waals surface area contributed by atoms with E-state index < -0.39 is 0 Å². The Kier molecular flexibility index (Phi) is 7.72. The first-order chi connectivity index (χ1) is 15.3. The van der Waals surface area contributed by atoms with E-state index in [1.165, 1.54) is 23.1 Å². The van der Waals surface area contributed by atoms with Gasteiger partial charge in [-0.2, -0.15) is 0 Å². The van der Waals surface area contributed by atoms with Gasteiger partial charge in [0.05, 0.1) is 6.61 Å². The van der Waals surface area contributed by atoms with Crippen molar-refractivity contribution in [3.05, 3.63) is 101 Å². The lowest BCUT2D eigenvalue weighted by Gasteiger charge is -2.22. The topological polar surface area (TPSA) is 35.9 Å². The van der Waals surface area contributed by atoms with Crippen LogP contribution in [-0.2, 0) is 26.3 Å². The minimum Gasteiger partial charge on any atom is -0.489 e. The van der Waals surface area contributed by atoms with Crippen molar-refractivity contribution < 1.29 is 9.84 Å². The van der Waals surface area contributed by atoms with Gasteiger partial charge in [-0.1, -0.05) is 66.7 Å². The molecular weight excluding hydrogens is 384 g/mol. The van der Waals surface area contributed by atoms with E-state index in [1.807, 2.05) is 30.3 Å². The van der Waals surface area contributed by atoms with Gasteiger partial charge in [-0.15, -0.1) is 0 Å². The summed E-state index contributed by atoms with van der Waals surface area (Å²) in [5.41, 5.74) is 4.81. The molecule has 0 bridgehead atoms. The maximum Gasteiger partial charge on any atom is 0.119 e. The Hall–Kier alpha value is -2.66. The molecule has 4 rings (SSSR count). The van der Waals surface area contributed by atoms with Gasteiger partial charge in [0.25, 0.3) is 0 Å². The normalized spacial score (nSPS) is 15.5. The van der Waals surface area contributed by atoms with E-state index >= 15 is 0 Å². The largest absolute Gasteiger partial charge is 0.489 e. The van der Waals surface area contributed by atoms with E-state index in [-0.39, 0.29) is 6.61 Å². The Bertz CT molecular complexity index is 910. The van der Waals surface area contributed by atoms with Crippen LogP contribution in [0.3, 0.4) is 0 Å². The minimum atomic E-state index is 0.110. The van der Waals surface area contributed by atoms with Gasteiger partial charge in [0.15, 0.2) is 0 Å². The van der Waals surface area contributed by atoms with Crippen LogP contribution in [-0.4, -0.2) is 41.1 Å². The monoisotopic (exact) mass is 416 g/mol. The molecule has 4 nitrogen and oxygen atoms in total. The molecule has 3 aromatic carbocycles. The highest BCUT2D eigenvalue weighted by atomic mass is 16.5. The number of rotatable bonds is 8. The summed E-state index contributed by atoms with van der Waals surface area (Å²) in [4.78, 5) is 5.09. The molecule has 1 aliphatic rings. The Labute approximate surface area is 185 Å². The molecule has 0 spiro atoms. The average molecular weight is 417 g/mol. The Balaban J connectivity index is 1.24. The molecule has 0 aromatic heterocycles. The van der Waals surface area contributed by atoms with Crippen LogP contribution in [0.2, 0.25) is 0 Å². The van der Waals surface area contributed by atoms with Crippen LogP contribution in [0.5, 0.6) is 5.75 Å². The van der Waals surface area contributed by atoms with Crippen molar-refractivity contribution in [2.45, 2.75) is 32.7 Å². The molecular formula is C27H32N2O2. The number of hydrogen-bond donors (Lipinski definition) is 1. The lowest BCUT2D eigenvalue weighted by atomic mass is 10.1. The molecule has 0 radical (unpaired) electrons. The standard InChI is InChI=1S/C27H32N2O2/c30-21-25-9-7-23(8-10-25)19-28-15-4-16-29(18-17-28)20-24-11-13-27(14-12-24)31-22-26-5-2-1-3-6-26/h1-3,5-14,30H,4,15-22H2. The van der Waals surface area contributed by atoms with E-state index in [0.717, 1.165) is 50.6 Å². The van der Waals surface area contributed by atoms with E-state index in [0.29, 0.717) is 6.61 Å². The zero-order valence-electron chi connectivity index (χ0n) is 18.1. The van der Waals surface area contributed by atoms with Gasteiger partial charge in [0, 0.05) is 26.2 Å². The van der Waals surface area contributed by atoms with E-state index in [1.54, 1.807) is 0 Å². The predicted molar refractivity (Wildman–Crippen MR) is 125 cm³/mol. The molecule has 1 heterocycles. The van der Waals surface area contributed by atoms with E-state index in [4.69, 9.17) is 4.74 Å². The average Bonchev–Trinajstić information content (AvgIpc) is 3.05. The van der Waals surface area contributed by atoms with Crippen LogP contribution in [0.25, 0.3) is 0 Å². The molecule has 0 aliphatic carbocycles. The van der Waals surface area contributed by atoms with Crippen LogP contribution in [0.15, 0.2) is 78.9 Å². The number of hydrogen-bond acceptors (Lipinski definition) is 4. The van der Waals surface area contributed by atoms with Crippen LogP contribution < -0.4 is 4.74 Å². The van der Waals surface area contributed by atoms with Crippen molar-refractivity contribution in [1.82, 2.24) is 9.80 Å². The van der Waals surface area contributed by atoms with Crippen LogP contribution in [0.4, 0.5) is 0 Å². The first-order valence-electron chi connectivity index (χ1n) is 11.2.